The molecule has 0 saturated heterocycles. The molecule has 1 aromatic carbocycles. The van der Waals surface area contributed by atoms with Gasteiger partial charge >= 0.3 is 0 Å². The molecule has 3 N–H and O–H groups in total. The van der Waals surface area contributed by atoms with E-state index in [9.17, 15) is 0 Å². The van der Waals surface area contributed by atoms with Crippen LogP contribution in [0.1, 0.15) is 23.9 Å². The first-order valence-corrected chi connectivity index (χ1v) is 7.81. The number of nitrogen functional groups attached to an aromatic ring is 1. The summed E-state index contributed by atoms with van der Waals surface area (Å²) in [7, 11) is 0. The topological polar surface area (TPSA) is 73.1 Å². The van der Waals surface area contributed by atoms with E-state index >= 15 is 0 Å². The Morgan fingerprint density at radius 2 is 2.10 bits per heavy atom. The van der Waals surface area contributed by atoms with Crippen molar-refractivity contribution in [2.24, 2.45) is 5.84 Å². The molecule has 0 bridgehead atoms. The second kappa shape index (κ2) is 7.97. The monoisotopic (exact) mass is 304 g/mol. The Labute approximate surface area is 129 Å². The summed E-state index contributed by atoms with van der Waals surface area (Å²) in [5.41, 5.74) is 5.16. The van der Waals surface area contributed by atoms with Crippen LogP contribution in [-0.4, -0.2) is 16.6 Å². The highest BCUT2D eigenvalue weighted by atomic mass is 32.2. The molecule has 0 aliphatic rings. The highest BCUT2D eigenvalue weighted by molar-refractivity contribution is 7.98. The number of anilines is 1. The van der Waals surface area contributed by atoms with Crippen molar-refractivity contribution in [2.45, 2.75) is 31.2 Å². The Morgan fingerprint density at radius 3 is 2.81 bits per heavy atom. The lowest BCUT2D eigenvalue weighted by atomic mass is 10.1. The lowest BCUT2D eigenvalue weighted by molar-refractivity contribution is 0.128. The molecule has 1 heterocycles. The number of hydrogen-bond donors (Lipinski definition) is 2. The van der Waals surface area contributed by atoms with Crippen molar-refractivity contribution in [3.8, 4) is 0 Å². The molecule has 0 atom stereocenters. The van der Waals surface area contributed by atoms with Crippen molar-refractivity contribution < 1.29 is 4.74 Å². The molecule has 5 nitrogen and oxygen atoms in total. The zero-order valence-electron chi connectivity index (χ0n) is 12.3. The van der Waals surface area contributed by atoms with Crippen molar-refractivity contribution in [3.63, 3.8) is 0 Å². The van der Waals surface area contributed by atoms with Gasteiger partial charge in [0.15, 0.2) is 5.82 Å². The number of aromatic nitrogens is 2. The van der Waals surface area contributed by atoms with Gasteiger partial charge in [0.05, 0.1) is 0 Å². The summed E-state index contributed by atoms with van der Waals surface area (Å²) in [6.45, 7) is 5.08. The molecule has 0 saturated carbocycles. The van der Waals surface area contributed by atoms with E-state index in [1.165, 1.54) is 11.1 Å². The van der Waals surface area contributed by atoms with Crippen molar-refractivity contribution >= 4 is 17.6 Å². The lowest BCUT2D eigenvalue weighted by Gasteiger charge is -2.08. The summed E-state index contributed by atoms with van der Waals surface area (Å²) >= 11 is 1.66. The number of hydrogen-bond acceptors (Lipinski definition) is 6. The van der Waals surface area contributed by atoms with Crippen LogP contribution in [0.3, 0.4) is 0 Å². The number of aryl methyl sites for hydroxylation is 1. The summed E-state index contributed by atoms with van der Waals surface area (Å²) in [5.74, 6) is 7.56. The third kappa shape index (κ3) is 4.70. The highest BCUT2D eigenvalue weighted by Crippen LogP contribution is 2.24. The van der Waals surface area contributed by atoms with Crippen LogP contribution >= 0.6 is 11.8 Å². The Bertz CT molecular complexity index is 592. The molecule has 112 valence electrons. The van der Waals surface area contributed by atoms with E-state index in [0.29, 0.717) is 24.9 Å². The second-order valence-electron chi connectivity index (χ2n) is 4.50. The van der Waals surface area contributed by atoms with E-state index in [4.69, 9.17) is 10.6 Å². The van der Waals surface area contributed by atoms with Crippen LogP contribution in [0.2, 0.25) is 0 Å². The van der Waals surface area contributed by atoms with E-state index in [2.05, 4.69) is 40.5 Å². The van der Waals surface area contributed by atoms with Crippen molar-refractivity contribution in [1.29, 1.82) is 0 Å². The van der Waals surface area contributed by atoms with Crippen molar-refractivity contribution in [1.82, 2.24) is 9.97 Å². The van der Waals surface area contributed by atoms with Gasteiger partial charge in [-0.2, -0.15) is 0 Å². The molecule has 0 spiro atoms. The minimum Gasteiger partial charge on any atom is -0.374 e. The average Bonchev–Trinajstić information content (AvgIpc) is 2.52. The van der Waals surface area contributed by atoms with Crippen LogP contribution in [0.4, 0.5) is 5.82 Å². The summed E-state index contributed by atoms with van der Waals surface area (Å²) < 4.78 is 5.35. The summed E-state index contributed by atoms with van der Waals surface area (Å²) in [5, 5.41) is 0.885. The van der Waals surface area contributed by atoms with Gasteiger partial charge in [-0.15, -0.1) is 11.8 Å². The average molecular weight is 304 g/mol. The SMILES string of the molecule is CCOCc1nc(NN)cc(SCc2ccccc2C)n1. The van der Waals surface area contributed by atoms with Crippen LogP contribution < -0.4 is 11.3 Å². The van der Waals surface area contributed by atoms with Gasteiger partial charge in [0.2, 0.25) is 0 Å². The van der Waals surface area contributed by atoms with Gasteiger partial charge in [-0.1, -0.05) is 24.3 Å². The standard InChI is InChI=1S/C15H20N4OS/c1-3-20-9-14-17-13(19-16)8-15(18-14)21-10-12-7-5-4-6-11(12)2/h4-8H,3,9-10,16H2,1-2H3,(H,17,18,19). The number of hydrazine groups is 1. The number of nitrogens with two attached hydrogens (primary N) is 1. The van der Waals surface area contributed by atoms with Gasteiger partial charge in [0.25, 0.3) is 0 Å². The van der Waals surface area contributed by atoms with Gasteiger partial charge < -0.3 is 10.2 Å². The first-order chi connectivity index (χ1) is 10.2. The summed E-state index contributed by atoms with van der Waals surface area (Å²) in [6, 6.07) is 10.2. The maximum Gasteiger partial charge on any atom is 0.157 e. The molecule has 0 aliphatic carbocycles. The molecule has 21 heavy (non-hydrogen) atoms. The molecule has 0 amide bonds. The fourth-order valence-electron chi connectivity index (χ4n) is 1.80. The Balaban J connectivity index is 2.09. The van der Waals surface area contributed by atoms with Gasteiger partial charge in [-0.25, -0.2) is 15.8 Å². The molecule has 2 aromatic rings. The van der Waals surface area contributed by atoms with Crippen LogP contribution in [0.5, 0.6) is 0 Å². The molecule has 0 aliphatic heterocycles. The van der Waals surface area contributed by atoms with Crippen LogP contribution in [0, 0.1) is 6.92 Å². The largest absolute Gasteiger partial charge is 0.374 e. The second-order valence-corrected chi connectivity index (χ2v) is 5.50. The lowest BCUT2D eigenvalue weighted by Crippen LogP contribution is -2.11. The number of nitrogens with zero attached hydrogens (tertiary/aromatic N) is 2. The highest BCUT2D eigenvalue weighted by Gasteiger charge is 2.06. The first kappa shape index (κ1) is 15.8. The predicted octanol–water partition coefficient (Wildman–Crippen LogP) is 2.90. The number of rotatable bonds is 7. The Kier molecular flexibility index (Phi) is 5.98. The third-order valence-corrected chi connectivity index (χ3v) is 3.93. The molecule has 0 unspecified atom stereocenters. The molecule has 6 heteroatoms. The fourth-order valence-corrected chi connectivity index (χ4v) is 2.79. The van der Waals surface area contributed by atoms with E-state index < -0.39 is 0 Å². The van der Waals surface area contributed by atoms with Crippen LogP contribution in [0.25, 0.3) is 0 Å². The molecular formula is C15H20N4OS. The summed E-state index contributed by atoms with van der Waals surface area (Å²) in [6.07, 6.45) is 0. The summed E-state index contributed by atoms with van der Waals surface area (Å²) in [4.78, 5) is 8.77. The maximum absolute atomic E-state index is 5.46. The molecule has 0 fully saturated rings. The maximum atomic E-state index is 5.46. The minimum absolute atomic E-state index is 0.393. The van der Waals surface area contributed by atoms with E-state index in [0.717, 1.165) is 10.8 Å². The van der Waals surface area contributed by atoms with Crippen molar-refractivity contribution in [3.05, 3.63) is 47.3 Å². The zero-order chi connectivity index (χ0) is 15.1. The zero-order valence-corrected chi connectivity index (χ0v) is 13.1. The Morgan fingerprint density at radius 1 is 1.29 bits per heavy atom. The van der Waals surface area contributed by atoms with E-state index in [1.807, 2.05) is 19.1 Å². The van der Waals surface area contributed by atoms with Crippen LogP contribution in [0.15, 0.2) is 35.4 Å². The quantitative estimate of drug-likeness (QED) is 0.355. The number of thioether (sulfide) groups is 1. The third-order valence-electron chi connectivity index (χ3n) is 2.97. The first-order valence-electron chi connectivity index (χ1n) is 6.82. The van der Waals surface area contributed by atoms with Gasteiger partial charge in [0.1, 0.15) is 17.5 Å². The minimum atomic E-state index is 0.393. The molecule has 2 rings (SSSR count). The van der Waals surface area contributed by atoms with E-state index in [1.54, 1.807) is 11.8 Å². The van der Waals surface area contributed by atoms with Gasteiger partial charge in [0, 0.05) is 18.4 Å². The molecule has 0 radical (unpaired) electrons. The molecule has 1 aromatic heterocycles. The number of benzene rings is 1. The van der Waals surface area contributed by atoms with Crippen molar-refractivity contribution in [2.75, 3.05) is 12.0 Å². The predicted molar refractivity (Wildman–Crippen MR) is 85.9 cm³/mol. The number of nitrogens with one attached hydrogen (secondary N) is 1. The van der Waals surface area contributed by atoms with Gasteiger partial charge in [-0.3, -0.25) is 0 Å². The van der Waals surface area contributed by atoms with Crippen LogP contribution in [-0.2, 0) is 17.1 Å². The normalized spacial score (nSPS) is 10.6. The molecular weight excluding hydrogens is 284 g/mol. The fraction of sp³-hybridized carbons (Fsp3) is 0.333. The van der Waals surface area contributed by atoms with E-state index in [-0.39, 0.29) is 0 Å². The smallest absolute Gasteiger partial charge is 0.157 e. The Hall–Kier alpha value is -1.63. The number of ether oxygens (including phenoxy) is 1. The van der Waals surface area contributed by atoms with Gasteiger partial charge in [-0.05, 0) is 25.0 Å².